The standard InChI is InChI=1S/C23H28N2O/c1-2-3-16-21(24-26)23(25-17-10-11-18-25)22(19-12-6-4-7-13-19)20-14-8-5-9-15-20/h4-9,12-15,26H,2-3,10-11,16-18H2,1H3/b24-21+. The Morgan fingerprint density at radius 2 is 1.46 bits per heavy atom. The van der Waals surface area contributed by atoms with Crippen LogP contribution in [-0.4, -0.2) is 28.9 Å². The first-order chi connectivity index (χ1) is 12.8. The molecule has 0 radical (unpaired) electrons. The van der Waals surface area contributed by atoms with Gasteiger partial charge >= 0.3 is 0 Å². The Morgan fingerprint density at radius 3 is 1.92 bits per heavy atom. The molecule has 1 fully saturated rings. The number of nitrogens with zero attached hydrogens (tertiary/aromatic N) is 2. The molecule has 2 aromatic carbocycles. The van der Waals surface area contributed by atoms with E-state index in [1.54, 1.807) is 0 Å². The van der Waals surface area contributed by atoms with Crippen molar-refractivity contribution < 1.29 is 5.21 Å². The van der Waals surface area contributed by atoms with Crippen molar-refractivity contribution in [2.45, 2.75) is 39.0 Å². The molecule has 26 heavy (non-hydrogen) atoms. The van der Waals surface area contributed by atoms with Gasteiger partial charge in [0.2, 0.25) is 0 Å². The van der Waals surface area contributed by atoms with Gasteiger partial charge in [-0.25, -0.2) is 0 Å². The highest BCUT2D eigenvalue weighted by Gasteiger charge is 2.25. The van der Waals surface area contributed by atoms with Crippen molar-refractivity contribution in [2.24, 2.45) is 5.16 Å². The summed E-state index contributed by atoms with van der Waals surface area (Å²) in [6.45, 7) is 4.21. The van der Waals surface area contributed by atoms with Gasteiger partial charge in [-0.1, -0.05) is 79.2 Å². The lowest BCUT2D eigenvalue weighted by Gasteiger charge is -2.27. The Hall–Kier alpha value is -2.55. The second-order valence-electron chi connectivity index (χ2n) is 6.80. The number of unbranched alkanes of at least 4 members (excludes halogenated alkanes) is 1. The second kappa shape index (κ2) is 9.23. The fourth-order valence-electron chi connectivity index (χ4n) is 3.64. The van der Waals surface area contributed by atoms with E-state index >= 15 is 0 Å². The van der Waals surface area contributed by atoms with Crippen molar-refractivity contribution >= 4 is 11.3 Å². The number of rotatable bonds is 7. The SMILES string of the molecule is CCCC/C(=N\O)C(=C(c1ccccc1)c1ccccc1)N1CCCC1. The molecule has 3 heteroatoms. The van der Waals surface area contributed by atoms with E-state index in [1.807, 2.05) is 12.1 Å². The summed E-state index contributed by atoms with van der Waals surface area (Å²) in [5, 5.41) is 13.6. The lowest BCUT2D eigenvalue weighted by molar-refractivity contribution is 0.314. The predicted octanol–water partition coefficient (Wildman–Crippen LogP) is 5.56. The molecule has 1 N–H and O–H groups in total. The first-order valence-electron chi connectivity index (χ1n) is 9.66. The number of hydrogen-bond donors (Lipinski definition) is 1. The van der Waals surface area contributed by atoms with Gasteiger partial charge in [0, 0.05) is 18.7 Å². The van der Waals surface area contributed by atoms with E-state index in [9.17, 15) is 5.21 Å². The van der Waals surface area contributed by atoms with Crippen LogP contribution in [0.3, 0.4) is 0 Å². The molecule has 0 spiro atoms. The van der Waals surface area contributed by atoms with E-state index in [2.05, 4.69) is 65.5 Å². The smallest absolute Gasteiger partial charge is 0.103 e. The largest absolute Gasteiger partial charge is 0.411 e. The number of likely N-dealkylation sites (tertiary alicyclic amines) is 1. The number of allylic oxidation sites excluding steroid dienone is 1. The summed E-state index contributed by atoms with van der Waals surface area (Å²) in [5.74, 6) is 0. The van der Waals surface area contributed by atoms with Crippen LogP contribution in [0.5, 0.6) is 0 Å². The topological polar surface area (TPSA) is 35.8 Å². The van der Waals surface area contributed by atoms with Gasteiger partial charge < -0.3 is 10.1 Å². The van der Waals surface area contributed by atoms with Gasteiger partial charge in [-0.05, 0) is 36.8 Å². The van der Waals surface area contributed by atoms with Gasteiger partial charge in [-0.2, -0.15) is 0 Å². The Balaban J connectivity index is 2.21. The minimum atomic E-state index is 0.794. The summed E-state index contributed by atoms with van der Waals surface area (Å²) in [4.78, 5) is 2.40. The van der Waals surface area contributed by atoms with Gasteiger partial charge in [-0.15, -0.1) is 0 Å². The Morgan fingerprint density at radius 1 is 0.923 bits per heavy atom. The molecule has 1 aliphatic heterocycles. The minimum Gasteiger partial charge on any atom is -0.411 e. The molecule has 1 saturated heterocycles. The summed E-state index contributed by atoms with van der Waals surface area (Å²) in [5.41, 5.74) is 5.39. The van der Waals surface area contributed by atoms with Crippen LogP contribution >= 0.6 is 0 Å². The Labute approximate surface area is 156 Å². The predicted molar refractivity (Wildman–Crippen MR) is 108 cm³/mol. The summed E-state index contributed by atoms with van der Waals surface area (Å²) >= 11 is 0. The van der Waals surface area contributed by atoms with Crippen LogP contribution in [0.25, 0.3) is 5.57 Å². The van der Waals surface area contributed by atoms with Crippen LogP contribution < -0.4 is 0 Å². The number of oxime groups is 1. The molecule has 0 amide bonds. The second-order valence-corrected chi connectivity index (χ2v) is 6.80. The fourth-order valence-corrected chi connectivity index (χ4v) is 3.64. The van der Waals surface area contributed by atoms with Crippen LogP contribution in [0.1, 0.15) is 50.2 Å². The first-order valence-corrected chi connectivity index (χ1v) is 9.66. The van der Waals surface area contributed by atoms with Gasteiger partial charge in [0.05, 0.1) is 5.70 Å². The summed E-state index contributed by atoms with van der Waals surface area (Å²) in [6.07, 6.45) is 5.27. The highest BCUT2D eigenvalue weighted by atomic mass is 16.4. The molecule has 1 heterocycles. The zero-order valence-corrected chi connectivity index (χ0v) is 15.6. The van der Waals surface area contributed by atoms with Gasteiger partial charge in [0.25, 0.3) is 0 Å². The van der Waals surface area contributed by atoms with Crippen molar-refractivity contribution in [3.05, 3.63) is 77.5 Å². The maximum absolute atomic E-state index is 9.85. The van der Waals surface area contributed by atoms with Crippen molar-refractivity contribution in [1.82, 2.24) is 4.90 Å². The molecule has 3 rings (SSSR count). The third-order valence-electron chi connectivity index (χ3n) is 4.95. The zero-order valence-electron chi connectivity index (χ0n) is 15.6. The molecule has 2 aromatic rings. The minimum absolute atomic E-state index is 0.794. The van der Waals surface area contributed by atoms with Gasteiger partial charge in [0.1, 0.15) is 5.71 Å². The zero-order chi connectivity index (χ0) is 18.2. The Bertz CT molecular complexity index is 703. The van der Waals surface area contributed by atoms with Crippen LogP contribution in [0.15, 0.2) is 71.5 Å². The molecule has 0 bridgehead atoms. The molecule has 0 unspecified atom stereocenters. The molecule has 1 aliphatic rings. The monoisotopic (exact) mass is 348 g/mol. The van der Waals surface area contributed by atoms with Crippen molar-refractivity contribution in [3.8, 4) is 0 Å². The van der Waals surface area contributed by atoms with Crippen molar-refractivity contribution in [3.63, 3.8) is 0 Å². The molecular weight excluding hydrogens is 320 g/mol. The maximum Gasteiger partial charge on any atom is 0.103 e. The summed E-state index contributed by atoms with van der Waals surface area (Å²) < 4.78 is 0. The average molecular weight is 348 g/mol. The summed E-state index contributed by atoms with van der Waals surface area (Å²) in [7, 11) is 0. The molecule has 0 saturated carbocycles. The van der Waals surface area contributed by atoms with Gasteiger partial charge in [-0.3, -0.25) is 0 Å². The average Bonchev–Trinajstić information content (AvgIpc) is 3.23. The summed E-state index contributed by atoms with van der Waals surface area (Å²) in [6, 6.07) is 21.0. The van der Waals surface area contributed by atoms with Crippen LogP contribution in [0, 0.1) is 0 Å². The lowest BCUT2D eigenvalue weighted by Crippen LogP contribution is -2.26. The lowest BCUT2D eigenvalue weighted by atomic mass is 9.92. The molecule has 3 nitrogen and oxygen atoms in total. The number of benzene rings is 2. The van der Waals surface area contributed by atoms with E-state index in [1.165, 1.54) is 24.0 Å². The van der Waals surface area contributed by atoms with Gasteiger partial charge in [0.15, 0.2) is 0 Å². The fraction of sp³-hybridized carbons (Fsp3) is 0.348. The Kier molecular flexibility index (Phi) is 6.48. The molecule has 0 aromatic heterocycles. The van der Waals surface area contributed by atoms with Crippen LogP contribution in [-0.2, 0) is 0 Å². The van der Waals surface area contributed by atoms with Crippen molar-refractivity contribution in [2.75, 3.05) is 13.1 Å². The molecule has 136 valence electrons. The molecular formula is C23H28N2O. The highest BCUT2D eigenvalue weighted by molar-refractivity contribution is 6.08. The van der Waals surface area contributed by atoms with E-state index < -0.39 is 0 Å². The quantitative estimate of drug-likeness (QED) is 0.404. The van der Waals surface area contributed by atoms with E-state index in [0.717, 1.165) is 49.3 Å². The molecule has 0 aliphatic carbocycles. The van der Waals surface area contributed by atoms with Crippen LogP contribution in [0.4, 0.5) is 0 Å². The van der Waals surface area contributed by atoms with E-state index in [-0.39, 0.29) is 0 Å². The third kappa shape index (κ3) is 4.16. The first kappa shape index (κ1) is 18.2. The molecule has 0 atom stereocenters. The van der Waals surface area contributed by atoms with Crippen molar-refractivity contribution in [1.29, 1.82) is 0 Å². The normalized spacial score (nSPS) is 14.5. The van der Waals surface area contributed by atoms with E-state index in [0.29, 0.717) is 0 Å². The maximum atomic E-state index is 9.85. The van der Waals surface area contributed by atoms with Crippen LogP contribution in [0.2, 0.25) is 0 Å². The number of hydrogen-bond acceptors (Lipinski definition) is 3. The third-order valence-corrected chi connectivity index (χ3v) is 4.95. The highest BCUT2D eigenvalue weighted by Crippen LogP contribution is 2.32. The van der Waals surface area contributed by atoms with E-state index in [4.69, 9.17) is 0 Å².